The van der Waals surface area contributed by atoms with E-state index in [4.69, 9.17) is 0 Å². The Morgan fingerprint density at radius 3 is 2.75 bits per heavy atom. The Labute approximate surface area is 73.2 Å². The molecule has 1 aromatic heterocycles. The number of carbonyl (C=O) groups is 1. The van der Waals surface area contributed by atoms with Crippen molar-refractivity contribution in [2.24, 2.45) is 13.0 Å². The highest BCUT2D eigenvalue weighted by Crippen LogP contribution is 2.11. The SMILES string of the molecule is CCC(C)C(=O)c1cccn1C. The van der Waals surface area contributed by atoms with Crippen LogP contribution in [0.3, 0.4) is 0 Å². The van der Waals surface area contributed by atoms with Gasteiger partial charge in [0.05, 0.1) is 5.69 Å². The van der Waals surface area contributed by atoms with Crippen molar-refractivity contribution in [3.05, 3.63) is 24.0 Å². The van der Waals surface area contributed by atoms with Crippen LogP contribution in [-0.4, -0.2) is 10.4 Å². The van der Waals surface area contributed by atoms with Gasteiger partial charge >= 0.3 is 0 Å². The molecule has 0 aliphatic carbocycles. The molecule has 0 aromatic carbocycles. The molecule has 1 unspecified atom stereocenters. The van der Waals surface area contributed by atoms with Gasteiger partial charge in [-0.05, 0) is 18.6 Å². The topological polar surface area (TPSA) is 22.0 Å². The number of hydrogen-bond donors (Lipinski definition) is 0. The van der Waals surface area contributed by atoms with Gasteiger partial charge in [-0.25, -0.2) is 0 Å². The summed E-state index contributed by atoms with van der Waals surface area (Å²) in [5.74, 6) is 0.378. The highest BCUT2D eigenvalue weighted by Gasteiger charge is 2.14. The Bertz CT molecular complexity index is 275. The zero-order valence-electron chi connectivity index (χ0n) is 7.87. The van der Waals surface area contributed by atoms with Crippen molar-refractivity contribution in [2.45, 2.75) is 20.3 Å². The van der Waals surface area contributed by atoms with Crippen molar-refractivity contribution < 1.29 is 4.79 Å². The Hall–Kier alpha value is -1.05. The summed E-state index contributed by atoms with van der Waals surface area (Å²) in [7, 11) is 1.90. The van der Waals surface area contributed by atoms with Crippen LogP contribution in [0.25, 0.3) is 0 Å². The van der Waals surface area contributed by atoms with Gasteiger partial charge in [0.15, 0.2) is 5.78 Å². The predicted molar refractivity (Wildman–Crippen MR) is 49.2 cm³/mol. The summed E-state index contributed by atoms with van der Waals surface area (Å²) >= 11 is 0. The second-order valence-electron chi connectivity index (χ2n) is 3.18. The minimum Gasteiger partial charge on any atom is -0.348 e. The standard InChI is InChI=1S/C10H15NO/c1-4-8(2)10(12)9-6-5-7-11(9)3/h5-8H,4H2,1-3H3. The predicted octanol–water partition coefficient (Wildman–Crippen LogP) is 2.25. The number of aryl methyl sites for hydroxylation is 1. The molecular formula is C10H15NO. The number of ketones is 1. The highest BCUT2D eigenvalue weighted by molar-refractivity contribution is 5.96. The molecule has 0 N–H and O–H groups in total. The molecule has 66 valence electrons. The number of rotatable bonds is 3. The fourth-order valence-electron chi connectivity index (χ4n) is 1.15. The van der Waals surface area contributed by atoms with Crippen LogP contribution >= 0.6 is 0 Å². The van der Waals surface area contributed by atoms with Crippen molar-refractivity contribution in [2.75, 3.05) is 0 Å². The molecule has 2 heteroatoms. The van der Waals surface area contributed by atoms with Crippen LogP contribution in [0.2, 0.25) is 0 Å². The first-order chi connectivity index (χ1) is 5.66. The normalized spacial score (nSPS) is 12.9. The lowest BCUT2D eigenvalue weighted by molar-refractivity contribution is 0.0919. The minimum absolute atomic E-state index is 0.138. The second kappa shape index (κ2) is 3.57. The summed E-state index contributed by atoms with van der Waals surface area (Å²) in [4.78, 5) is 11.6. The molecule has 0 bridgehead atoms. The monoisotopic (exact) mass is 165 g/mol. The van der Waals surface area contributed by atoms with Crippen molar-refractivity contribution in [3.8, 4) is 0 Å². The summed E-state index contributed by atoms with van der Waals surface area (Å²) in [5, 5.41) is 0. The van der Waals surface area contributed by atoms with E-state index in [0.717, 1.165) is 12.1 Å². The summed E-state index contributed by atoms with van der Waals surface area (Å²) in [6.07, 6.45) is 2.81. The third-order valence-corrected chi connectivity index (χ3v) is 2.26. The molecule has 0 saturated carbocycles. The van der Waals surface area contributed by atoms with Crippen LogP contribution in [0, 0.1) is 5.92 Å². The van der Waals surface area contributed by atoms with Crippen molar-refractivity contribution in [1.82, 2.24) is 4.57 Å². The summed E-state index contributed by atoms with van der Waals surface area (Å²) in [6, 6.07) is 3.77. The second-order valence-corrected chi connectivity index (χ2v) is 3.18. The lowest BCUT2D eigenvalue weighted by atomic mass is 10.0. The van der Waals surface area contributed by atoms with E-state index >= 15 is 0 Å². The number of nitrogens with zero attached hydrogens (tertiary/aromatic N) is 1. The van der Waals surface area contributed by atoms with Crippen molar-refractivity contribution in [1.29, 1.82) is 0 Å². The molecule has 0 aliphatic heterocycles. The fraction of sp³-hybridized carbons (Fsp3) is 0.500. The van der Waals surface area contributed by atoms with Gasteiger partial charge in [-0.2, -0.15) is 0 Å². The third kappa shape index (κ3) is 1.58. The van der Waals surface area contributed by atoms with Gasteiger partial charge in [0.1, 0.15) is 0 Å². The molecular weight excluding hydrogens is 150 g/mol. The first kappa shape index (κ1) is 9.04. The molecule has 1 rings (SSSR count). The van der Waals surface area contributed by atoms with Gasteiger partial charge < -0.3 is 4.57 Å². The van der Waals surface area contributed by atoms with E-state index in [1.807, 2.05) is 43.8 Å². The van der Waals surface area contributed by atoms with Crippen LogP contribution in [0.15, 0.2) is 18.3 Å². The Balaban J connectivity index is 2.85. The maximum absolute atomic E-state index is 11.6. The highest BCUT2D eigenvalue weighted by atomic mass is 16.1. The fourth-order valence-corrected chi connectivity index (χ4v) is 1.15. The molecule has 0 saturated heterocycles. The summed E-state index contributed by atoms with van der Waals surface area (Å²) < 4.78 is 1.87. The Kier molecular flexibility index (Phi) is 2.69. The molecule has 0 aliphatic rings. The van der Waals surface area contributed by atoms with E-state index in [1.165, 1.54) is 0 Å². The van der Waals surface area contributed by atoms with Gasteiger partial charge in [-0.15, -0.1) is 0 Å². The van der Waals surface area contributed by atoms with E-state index in [0.29, 0.717) is 0 Å². The molecule has 0 radical (unpaired) electrons. The average Bonchev–Trinajstić information content (AvgIpc) is 2.48. The van der Waals surface area contributed by atoms with Gasteiger partial charge in [-0.3, -0.25) is 4.79 Å². The smallest absolute Gasteiger partial charge is 0.181 e. The Morgan fingerprint density at radius 1 is 1.67 bits per heavy atom. The van der Waals surface area contributed by atoms with Crippen LogP contribution in [0.4, 0.5) is 0 Å². The van der Waals surface area contributed by atoms with Crippen LogP contribution < -0.4 is 0 Å². The zero-order chi connectivity index (χ0) is 9.14. The molecule has 0 spiro atoms. The van der Waals surface area contributed by atoms with E-state index in [2.05, 4.69) is 0 Å². The van der Waals surface area contributed by atoms with Crippen molar-refractivity contribution >= 4 is 5.78 Å². The maximum atomic E-state index is 11.6. The lowest BCUT2D eigenvalue weighted by Gasteiger charge is -2.07. The van der Waals surface area contributed by atoms with Gasteiger partial charge in [0.2, 0.25) is 0 Å². The van der Waals surface area contributed by atoms with Crippen molar-refractivity contribution in [3.63, 3.8) is 0 Å². The number of hydrogen-bond acceptors (Lipinski definition) is 1. The first-order valence-corrected chi connectivity index (χ1v) is 4.32. The van der Waals surface area contributed by atoms with E-state index in [9.17, 15) is 4.79 Å². The summed E-state index contributed by atoms with van der Waals surface area (Å²) in [5.41, 5.74) is 0.810. The quantitative estimate of drug-likeness (QED) is 0.630. The van der Waals surface area contributed by atoms with Gasteiger partial charge in [0, 0.05) is 19.2 Å². The summed E-state index contributed by atoms with van der Waals surface area (Å²) in [6.45, 7) is 4.00. The number of aromatic nitrogens is 1. The molecule has 1 heterocycles. The third-order valence-electron chi connectivity index (χ3n) is 2.26. The number of Topliss-reactive ketones (excluding diaryl/α,β-unsaturated/α-hetero) is 1. The van der Waals surface area contributed by atoms with Gasteiger partial charge in [-0.1, -0.05) is 13.8 Å². The number of carbonyl (C=O) groups excluding carboxylic acids is 1. The van der Waals surface area contributed by atoms with Gasteiger partial charge in [0.25, 0.3) is 0 Å². The molecule has 1 aromatic rings. The molecule has 0 amide bonds. The first-order valence-electron chi connectivity index (χ1n) is 4.32. The molecule has 1 atom stereocenters. The largest absolute Gasteiger partial charge is 0.348 e. The van der Waals surface area contributed by atoms with Crippen LogP contribution in [-0.2, 0) is 7.05 Å². The lowest BCUT2D eigenvalue weighted by Crippen LogP contribution is -2.13. The molecule has 0 fully saturated rings. The van der Waals surface area contributed by atoms with E-state index in [1.54, 1.807) is 0 Å². The molecule has 12 heavy (non-hydrogen) atoms. The maximum Gasteiger partial charge on any atom is 0.181 e. The zero-order valence-corrected chi connectivity index (χ0v) is 7.87. The van der Waals surface area contributed by atoms with Crippen LogP contribution in [0.1, 0.15) is 30.8 Å². The minimum atomic E-state index is 0.138. The average molecular weight is 165 g/mol. The van der Waals surface area contributed by atoms with E-state index < -0.39 is 0 Å². The Morgan fingerprint density at radius 2 is 2.33 bits per heavy atom. The van der Waals surface area contributed by atoms with Crippen LogP contribution in [0.5, 0.6) is 0 Å². The van der Waals surface area contributed by atoms with E-state index in [-0.39, 0.29) is 11.7 Å². The molecule has 2 nitrogen and oxygen atoms in total.